The van der Waals surface area contributed by atoms with E-state index in [0.29, 0.717) is 11.3 Å². The lowest BCUT2D eigenvalue weighted by Gasteiger charge is -2.19. The molecule has 0 saturated heterocycles. The van der Waals surface area contributed by atoms with Gasteiger partial charge in [-0.2, -0.15) is 4.31 Å². The van der Waals surface area contributed by atoms with E-state index < -0.39 is 10.0 Å². The van der Waals surface area contributed by atoms with Crippen molar-refractivity contribution in [2.24, 2.45) is 0 Å². The zero-order valence-corrected chi connectivity index (χ0v) is 15.7. The van der Waals surface area contributed by atoms with E-state index in [0.717, 1.165) is 11.3 Å². The maximum atomic E-state index is 13.1. The first-order valence-electron chi connectivity index (χ1n) is 8.04. The first kappa shape index (κ1) is 18.2. The SMILES string of the molecule is COc1ccc(-c2cc(C)no2)cc1S(=O)(=O)N(C)Cc1ccccc1. The highest BCUT2D eigenvalue weighted by Gasteiger charge is 2.26. The fourth-order valence-electron chi connectivity index (χ4n) is 2.62. The summed E-state index contributed by atoms with van der Waals surface area (Å²) in [5, 5.41) is 3.85. The number of methoxy groups -OCH3 is 1. The third-order valence-corrected chi connectivity index (χ3v) is 5.84. The number of hydrogen-bond donors (Lipinski definition) is 0. The maximum absolute atomic E-state index is 13.1. The molecule has 0 aliphatic heterocycles. The topological polar surface area (TPSA) is 72.6 Å². The quantitative estimate of drug-likeness (QED) is 0.662. The molecule has 1 aromatic heterocycles. The van der Waals surface area contributed by atoms with Crippen LogP contribution in [0.2, 0.25) is 0 Å². The van der Waals surface area contributed by atoms with Crippen LogP contribution < -0.4 is 4.74 Å². The molecular formula is C19H20N2O4S. The van der Waals surface area contributed by atoms with Crippen molar-refractivity contribution in [2.75, 3.05) is 14.2 Å². The van der Waals surface area contributed by atoms with Gasteiger partial charge in [0.2, 0.25) is 10.0 Å². The van der Waals surface area contributed by atoms with E-state index in [1.807, 2.05) is 37.3 Å². The lowest BCUT2D eigenvalue weighted by Crippen LogP contribution is -2.27. The molecule has 136 valence electrons. The molecule has 0 saturated carbocycles. The summed E-state index contributed by atoms with van der Waals surface area (Å²) in [5.41, 5.74) is 2.25. The van der Waals surface area contributed by atoms with Crippen LogP contribution in [0.3, 0.4) is 0 Å². The molecule has 0 N–H and O–H groups in total. The molecule has 0 amide bonds. The van der Waals surface area contributed by atoms with Crippen LogP contribution >= 0.6 is 0 Å². The van der Waals surface area contributed by atoms with Crippen molar-refractivity contribution in [1.82, 2.24) is 9.46 Å². The average molecular weight is 372 g/mol. The number of hydrogen-bond acceptors (Lipinski definition) is 5. The lowest BCUT2D eigenvalue weighted by atomic mass is 10.1. The highest BCUT2D eigenvalue weighted by molar-refractivity contribution is 7.89. The van der Waals surface area contributed by atoms with E-state index in [1.165, 1.54) is 11.4 Å². The first-order chi connectivity index (χ1) is 12.4. The van der Waals surface area contributed by atoms with Gasteiger partial charge in [0.15, 0.2) is 5.76 Å². The molecule has 1 heterocycles. The molecule has 0 spiro atoms. The molecule has 3 aromatic rings. The van der Waals surface area contributed by atoms with E-state index in [4.69, 9.17) is 9.26 Å². The fraction of sp³-hybridized carbons (Fsp3) is 0.211. The first-order valence-corrected chi connectivity index (χ1v) is 9.48. The van der Waals surface area contributed by atoms with Crippen LogP contribution in [0.1, 0.15) is 11.3 Å². The van der Waals surface area contributed by atoms with Gasteiger partial charge in [0.25, 0.3) is 0 Å². The minimum atomic E-state index is -3.76. The van der Waals surface area contributed by atoms with Crippen molar-refractivity contribution in [1.29, 1.82) is 0 Å². The molecule has 0 unspecified atom stereocenters. The van der Waals surface area contributed by atoms with Crippen molar-refractivity contribution in [2.45, 2.75) is 18.4 Å². The van der Waals surface area contributed by atoms with Gasteiger partial charge in [-0.3, -0.25) is 0 Å². The van der Waals surface area contributed by atoms with Gasteiger partial charge in [-0.05, 0) is 30.7 Å². The molecule has 0 fully saturated rings. The molecule has 0 bridgehead atoms. The third kappa shape index (κ3) is 3.63. The third-order valence-electron chi connectivity index (χ3n) is 4.01. The van der Waals surface area contributed by atoms with Crippen LogP contribution in [-0.4, -0.2) is 32.0 Å². The second-order valence-electron chi connectivity index (χ2n) is 5.94. The largest absolute Gasteiger partial charge is 0.495 e. The zero-order valence-electron chi connectivity index (χ0n) is 14.8. The Hall–Kier alpha value is -2.64. The highest BCUT2D eigenvalue weighted by atomic mass is 32.2. The van der Waals surface area contributed by atoms with Gasteiger partial charge >= 0.3 is 0 Å². The number of rotatable bonds is 6. The van der Waals surface area contributed by atoms with E-state index in [9.17, 15) is 8.42 Å². The minimum Gasteiger partial charge on any atom is -0.495 e. The molecule has 0 radical (unpaired) electrons. The van der Waals surface area contributed by atoms with Crippen molar-refractivity contribution in [3.63, 3.8) is 0 Å². The van der Waals surface area contributed by atoms with E-state index in [-0.39, 0.29) is 17.2 Å². The molecule has 0 aliphatic rings. The van der Waals surface area contributed by atoms with Crippen molar-refractivity contribution >= 4 is 10.0 Å². The normalized spacial score (nSPS) is 11.7. The number of aromatic nitrogens is 1. The van der Waals surface area contributed by atoms with Crippen molar-refractivity contribution in [3.8, 4) is 17.1 Å². The minimum absolute atomic E-state index is 0.0879. The number of benzene rings is 2. The predicted octanol–water partition coefficient (Wildman–Crippen LogP) is 3.48. The summed E-state index contributed by atoms with van der Waals surface area (Å²) >= 11 is 0. The summed E-state index contributed by atoms with van der Waals surface area (Å²) in [5.74, 6) is 0.789. The summed E-state index contributed by atoms with van der Waals surface area (Å²) in [4.78, 5) is 0.0879. The van der Waals surface area contributed by atoms with Crippen LogP contribution in [0.4, 0.5) is 0 Å². The molecular weight excluding hydrogens is 352 g/mol. The van der Waals surface area contributed by atoms with Gasteiger partial charge in [-0.15, -0.1) is 0 Å². The van der Waals surface area contributed by atoms with Gasteiger partial charge < -0.3 is 9.26 Å². The lowest BCUT2D eigenvalue weighted by molar-refractivity contribution is 0.397. The molecule has 2 aromatic carbocycles. The molecule has 6 nitrogen and oxygen atoms in total. The van der Waals surface area contributed by atoms with Crippen LogP contribution in [0.25, 0.3) is 11.3 Å². The highest BCUT2D eigenvalue weighted by Crippen LogP contribution is 2.32. The van der Waals surface area contributed by atoms with Gasteiger partial charge in [-0.25, -0.2) is 8.42 Å². The van der Waals surface area contributed by atoms with Gasteiger partial charge in [0.05, 0.1) is 12.8 Å². The second-order valence-corrected chi connectivity index (χ2v) is 7.96. The molecule has 3 rings (SSSR count). The second kappa shape index (κ2) is 7.31. The maximum Gasteiger partial charge on any atom is 0.246 e. The van der Waals surface area contributed by atoms with Crippen molar-refractivity contribution < 1.29 is 17.7 Å². The Bertz CT molecular complexity index is 997. The van der Waals surface area contributed by atoms with Gasteiger partial charge in [0.1, 0.15) is 10.6 Å². The number of aryl methyl sites for hydroxylation is 1. The zero-order chi connectivity index (χ0) is 18.7. The molecule has 7 heteroatoms. The van der Waals surface area contributed by atoms with E-state index >= 15 is 0 Å². The Kier molecular flexibility index (Phi) is 5.11. The Labute approximate surface area is 153 Å². The monoisotopic (exact) mass is 372 g/mol. The molecule has 26 heavy (non-hydrogen) atoms. The van der Waals surface area contributed by atoms with E-state index in [2.05, 4.69) is 5.16 Å². The Balaban J connectivity index is 1.99. The number of nitrogens with zero attached hydrogens (tertiary/aromatic N) is 2. The average Bonchev–Trinajstić information content (AvgIpc) is 3.08. The number of sulfonamides is 1. The summed E-state index contributed by atoms with van der Waals surface area (Å²) in [6, 6.07) is 16.1. The van der Waals surface area contributed by atoms with Gasteiger partial charge in [0, 0.05) is 25.2 Å². The number of ether oxygens (including phenoxy) is 1. The smallest absolute Gasteiger partial charge is 0.246 e. The van der Waals surface area contributed by atoms with Crippen LogP contribution in [-0.2, 0) is 16.6 Å². The fourth-order valence-corrected chi connectivity index (χ4v) is 3.96. The summed E-state index contributed by atoms with van der Waals surface area (Å²) in [6.45, 7) is 2.07. The summed E-state index contributed by atoms with van der Waals surface area (Å²) < 4.78 is 38.0. The molecule has 0 aliphatic carbocycles. The van der Waals surface area contributed by atoms with Crippen LogP contribution in [0.5, 0.6) is 5.75 Å². The van der Waals surface area contributed by atoms with Crippen molar-refractivity contribution in [3.05, 3.63) is 65.9 Å². The standard InChI is InChI=1S/C19H20N2O4S/c1-14-11-18(25-20-14)16-9-10-17(24-3)19(12-16)26(22,23)21(2)13-15-7-5-4-6-8-15/h4-12H,13H2,1-3H3. The van der Waals surface area contributed by atoms with Crippen LogP contribution in [0.15, 0.2) is 64.0 Å². The van der Waals surface area contributed by atoms with E-state index in [1.54, 1.807) is 31.3 Å². The predicted molar refractivity (Wildman–Crippen MR) is 98.3 cm³/mol. The molecule has 0 atom stereocenters. The van der Waals surface area contributed by atoms with Gasteiger partial charge in [-0.1, -0.05) is 35.5 Å². The summed E-state index contributed by atoms with van der Waals surface area (Å²) in [7, 11) is -0.760. The Morgan fingerprint density at radius 3 is 2.46 bits per heavy atom. The summed E-state index contributed by atoms with van der Waals surface area (Å²) in [6.07, 6.45) is 0. The Morgan fingerprint density at radius 1 is 1.12 bits per heavy atom. The van der Waals surface area contributed by atoms with Crippen LogP contribution in [0, 0.1) is 6.92 Å². The Morgan fingerprint density at radius 2 is 1.85 bits per heavy atom.